The molecule has 1 unspecified atom stereocenters. The van der Waals surface area contributed by atoms with E-state index in [9.17, 15) is 4.79 Å². The minimum Gasteiger partial charge on any atom is -0.493 e. The number of carbonyl (C=O) groups excluding carboxylic acids is 1. The van der Waals surface area contributed by atoms with Gasteiger partial charge in [-0.1, -0.05) is 36.0 Å². The van der Waals surface area contributed by atoms with Gasteiger partial charge in [-0.05, 0) is 55.7 Å². The van der Waals surface area contributed by atoms with Crippen molar-refractivity contribution in [3.63, 3.8) is 0 Å². The third kappa shape index (κ3) is 4.82. The lowest BCUT2D eigenvalue weighted by molar-refractivity contribution is -0.120. The number of benzene rings is 2. The van der Waals surface area contributed by atoms with Crippen molar-refractivity contribution >= 4 is 28.6 Å². The molecule has 0 aliphatic rings. The average Bonchev–Trinajstić information content (AvgIpc) is 2.72. The van der Waals surface area contributed by atoms with E-state index >= 15 is 0 Å². The molecule has 29 heavy (non-hydrogen) atoms. The van der Waals surface area contributed by atoms with Gasteiger partial charge in [0.25, 0.3) is 0 Å². The lowest BCUT2D eigenvalue weighted by Gasteiger charge is -2.14. The molecular weight excluding hydrogens is 384 g/mol. The fourth-order valence-electron chi connectivity index (χ4n) is 3.15. The summed E-state index contributed by atoms with van der Waals surface area (Å²) in [4.78, 5) is 17.4. The predicted molar refractivity (Wildman–Crippen MR) is 118 cm³/mol. The van der Waals surface area contributed by atoms with Gasteiger partial charge >= 0.3 is 0 Å². The number of pyridine rings is 1. The lowest BCUT2D eigenvalue weighted by Crippen LogP contribution is -2.30. The van der Waals surface area contributed by atoms with Crippen molar-refractivity contribution in [1.82, 2.24) is 10.3 Å². The van der Waals surface area contributed by atoms with Crippen LogP contribution in [0.1, 0.15) is 23.6 Å². The number of hydrogen-bond acceptors (Lipinski definition) is 5. The third-order valence-electron chi connectivity index (χ3n) is 4.81. The number of fused-ring (bicyclic) bond motifs is 1. The van der Waals surface area contributed by atoms with Crippen LogP contribution >= 0.6 is 11.8 Å². The number of ether oxygens (including phenoxy) is 2. The number of carbonyl (C=O) groups is 1. The number of amides is 1. The number of aryl methyl sites for hydroxylation is 2. The Hall–Kier alpha value is -2.73. The zero-order valence-corrected chi connectivity index (χ0v) is 18.2. The number of nitrogens with zero attached hydrogens (tertiary/aromatic N) is 1. The highest BCUT2D eigenvalue weighted by Crippen LogP contribution is 2.29. The van der Waals surface area contributed by atoms with Crippen molar-refractivity contribution in [3.8, 4) is 11.5 Å². The molecule has 5 nitrogen and oxygen atoms in total. The lowest BCUT2D eigenvalue weighted by atomic mass is 10.1. The van der Waals surface area contributed by atoms with E-state index in [-0.39, 0.29) is 11.2 Å². The van der Waals surface area contributed by atoms with Gasteiger partial charge in [0.2, 0.25) is 5.91 Å². The highest BCUT2D eigenvalue weighted by atomic mass is 32.2. The van der Waals surface area contributed by atoms with Gasteiger partial charge in [-0.15, -0.1) is 0 Å². The van der Waals surface area contributed by atoms with Gasteiger partial charge < -0.3 is 14.8 Å². The Morgan fingerprint density at radius 2 is 1.83 bits per heavy atom. The summed E-state index contributed by atoms with van der Waals surface area (Å²) in [5.74, 6) is 1.28. The number of methoxy groups -OCH3 is 2. The highest BCUT2D eigenvalue weighted by Gasteiger charge is 2.16. The van der Waals surface area contributed by atoms with E-state index in [1.807, 2.05) is 37.3 Å². The summed E-state index contributed by atoms with van der Waals surface area (Å²) in [6.45, 7) is 6.46. The number of thioether (sulfide) groups is 1. The Labute approximate surface area is 175 Å². The van der Waals surface area contributed by atoms with Crippen LogP contribution in [0, 0.1) is 13.8 Å². The highest BCUT2D eigenvalue weighted by molar-refractivity contribution is 8.00. The van der Waals surface area contributed by atoms with Crippen molar-refractivity contribution < 1.29 is 14.3 Å². The van der Waals surface area contributed by atoms with Gasteiger partial charge in [0.15, 0.2) is 11.5 Å². The molecule has 0 aliphatic carbocycles. The molecule has 0 saturated carbocycles. The molecule has 0 aliphatic heterocycles. The smallest absolute Gasteiger partial charge is 0.233 e. The van der Waals surface area contributed by atoms with E-state index in [1.165, 1.54) is 17.3 Å². The van der Waals surface area contributed by atoms with Crippen LogP contribution in [0.15, 0.2) is 47.5 Å². The molecule has 6 heteroatoms. The molecule has 152 valence electrons. The van der Waals surface area contributed by atoms with Crippen LogP contribution in [0.3, 0.4) is 0 Å². The van der Waals surface area contributed by atoms with Crippen LogP contribution in [0.4, 0.5) is 0 Å². The second-order valence-electron chi connectivity index (χ2n) is 6.92. The van der Waals surface area contributed by atoms with Crippen LogP contribution in [-0.2, 0) is 11.3 Å². The number of para-hydroxylation sites is 1. The van der Waals surface area contributed by atoms with E-state index in [0.29, 0.717) is 18.0 Å². The molecule has 0 fully saturated rings. The first-order chi connectivity index (χ1) is 13.9. The maximum absolute atomic E-state index is 12.6. The standard InChI is InChI=1S/C23H26N2O3S/c1-14-7-6-8-18-15(2)11-21(25-22(14)18)29-16(3)23(26)24-13-17-9-10-19(27-4)20(12-17)28-5/h6-12,16H,13H2,1-5H3,(H,24,26). The van der Waals surface area contributed by atoms with E-state index in [4.69, 9.17) is 14.5 Å². The van der Waals surface area contributed by atoms with Crippen LogP contribution < -0.4 is 14.8 Å². The normalized spacial score (nSPS) is 11.9. The molecule has 1 N–H and O–H groups in total. The molecule has 0 spiro atoms. The minimum absolute atomic E-state index is 0.0332. The van der Waals surface area contributed by atoms with Crippen LogP contribution in [-0.4, -0.2) is 30.4 Å². The first-order valence-electron chi connectivity index (χ1n) is 9.45. The van der Waals surface area contributed by atoms with E-state index in [1.54, 1.807) is 14.2 Å². The Balaban J connectivity index is 1.67. The SMILES string of the molecule is COc1ccc(CNC(=O)C(C)Sc2cc(C)c3cccc(C)c3n2)cc1OC. The summed E-state index contributed by atoms with van der Waals surface area (Å²) in [5, 5.41) is 4.74. The average molecular weight is 411 g/mol. The summed E-state index contributed by atoms with van der Waals surface area (Å²) in [6.07, 6.45) is 0. The molecule has 2 aromatic carbocycles. The summed E-state index contributed by atoms with van der Waals surface area (Å²) < 4.78 is 10.6. The molecule has 3 rings (SSSR count). The Bertz CT molecular complexity index is 1040. The fourth-order valence-corrected chi connectivity index (χ4v) is 4.09. The largest absolute Gasteiger partial charge is 0.493 e. The van der Waals surface area contributed by atoms with Crippen LogP contribution in [0.5, 0.6) is 11.5 Å². The van der Waals surface area contributed by atoms with Crippen LogP contribution in [0.25, 0.3) is 10.9 Å². The Kier molecular flexibility index (Phi) is 6.64. The molecule has 0 saturated heterocycles. The van der Waals surface area contributed by atoms with Gasteiger partial charge in [-0.2, -0.15) is 0 Å². The van der Waals surface area contributed by atoms with Crippen molar-refractivity contribution in [2.45, 2.75) is 37.6 Å². The summed E-state index contributed by atoms with van der Waals surface area (Å²) >= 11 is 1.47. The monoisotopic (exact) mass is 410 g/mol. The first kappa shape index (κ1) is 21.0. The second-order valence-corrected chi connectivity index (χ2v) is 8.28. The molecule has 1 amide bonds. The van der Waals surface area contributed by atoms with E-state index < -0.39 is 0 Å². The van der Waals surface area contributed by atoms with Gasteiger partial charge in [-0.3, -0.25) is 4.79 Å². The number of hydrogen-bond donors (Lipinski definition) is 1. The Morgan fingerprint density at radius 1 is 1.07 bits per heavy atom. The zero-order valence-electron chi connectivity index (χ0n) is 17.4. The summed E-state index contributed by atoms with van der Waals surface area (Å²) in [7, 11) is 3.20. The second kappa shape index (κ2) is 9.18. The van der Waals surface area contributed by atoms with Gasteiger partial charge in [0, 0.05) is 11.9 Å². The number of aromatic nitrogens is 1. The van der Waals surface area contributed by atoms with E-state index in [0.717, 1.165) is 27.1 Å². The molecule has 1 heterocycles. The number of rotatable bonds is 7. The third-order valence-corrected chi connectivity index (χ3v) is 5.82. The molecule has 1 atom stereocenters. The predicted octanol–water partition coefficient (Wildman–Crippen LogP) is 4.67. The summed E-state index contributed by atoms with van der Waals surface area (Å²) in [6, 6.07) is 13.8. The van der Waals surface area contributed by atoms with Crippen LogP contribution in [0.2, 0.25) is 0 Å². The van der Waals surface area contributed by atoms with Crippen molar-refractivity contribution in [2.24, 2.45) is 0 Å². The minimum atomic E-state index is -0.261. The molecule has 3 aromatic rings. The number of nitrogens with one attached hydrogen (secondary N) is 1. The molecular formula is C23H26N2O3S. The fraction of sp³-hybridized carbons (Fsp3) is 0.304. The van der Waals surface area contributed by atoms with Crippen molar-refractivity contribution in [1.29, 1.82) is 0 Å². The zero-order chi connectivity index (χ0) is 21.0. The first-order valence-corrected chi connectivity index (χ1v) is 10.3. The van der Waals surface area contributed by atoms with Gasteiger partial charge in [0.1, 0.15) is 0 Å². The van der Waals surface area contributed by atoms with Gasteiger partial charge in [0.05, 0.1) is 30.0 Å². The maximum atomic E-state index is 12.6. The molecule has 1 aromatic heterocycles. The molecule has 0 radical (unpaired) electrons. The quantitative estimate of drug-likeness (QED) is 0.574. The van der Waals surface area contributed by atoms with E-state index in [2.05, 4.69) is 31.3 Å². The van der Waals surface area contributed by atoms with Gasteiger partial charge in [-0.25, -0.2) is 4.98 Å². The van der Waals surface area contributed by atoms with Crippen molar-refractivity contribution in [2.75, 3.05) is 14.2 Å². The summed E-state index contributed by atoms with van der Waals surface area (Å²) in [5.41, 5.74) is 4.24. The molecule has 0 bridgehead atoms. The Morgan fingerprint density at radius 3 is 2.55 bits per heavy atom. The topological polar surface area (TPSA) is 60.5 Å². The van der Waals surface area contributed by atoms with Crippen molar-refractivity contribution in [3.05, 3.63) is 59.2 Å². The maximum Gasteiger partial charge on any atom is 0.233 e.